The minimum atomic E-state index is -4.31. The second-order valence-corrected chi connectivity index (χ2v) is 23.5. The minimum Gasteiger partial charge on any atom is -0.392 e. The molecule has 19 heteroatoms. The first-order valence-electron chi connectivity index (χ1n) is 30.5. The van der Waals surface area contributed by atoms with Gasteiger partial charge in [0.15, 0.2) is 0 Å². The van der Waals surface area contributed by atoms with Gasteiger partial charge in [-0.25, -0.2) is 0 Å². The summed E-state index contributed by atoms with van der Waals surface area (Å²) in [5.41, 5.74) is 10.4. The molecule has 0 radical (unpaired) electrons. The lowest BCUT2D eigenvalue weighted by atomic mass is 9.99. The van der Waals surface area contributed by atoms with Crippen molar-refractivity contribution in [2.24, 2.45) is 5.73 Å². The van der Waals surface area contributed by atoms with Crippen molar-refractivity contribution in [3.05, 3.63) is 238 Å². The lowest BCUT2D eigenvalue weighted by molar-refractivity contribution is -0.138. The number of hydrogen-bond acceptors (Lipinski definition) is 10. The predicted molar refractivity (Wildman–Crippen MR) is 341 cm³/mol. The Morgan fingerprint density at radius 2 is 1.03 bits per heavy atom. The maximum atomic E-state index is 12.9. The Morgan fingerprint density at radius 1 is 0.560 bits per heavy atom. The van der Waals surface area contributed by atoms with Gasteiger partial charge >= 0.3 is 18.5 Å². The summed E-state index contributed by atoms with van der Waals surface area (Å²) in [6.45, 7) is 13.3. The zero-order chi connectivity index (χ0) is 65.7. The summed E-state index contributed by atoms with van der Waals surface area (Å²) < 4.78 is 114. The Balaban J connectivity index is 0.000000165. The molecule has 0 aliphatic carbocycles. The predicted octanol–water partition coefficient (Wildman–Crippen LogP) is 14.5. The number of aldehydes is 1. The molecule has 4 saturated heterocycles. The van der Waals surface area contributed by atoms with Gasteiger partial charge in [-0.15, -0.1) is 0 Å². The van der Waals surface area contributed by atoms with Crippen LogP contribution in [0.15, 0.2) is 182 Å². The Hall–Kier alpha value is -7.33. The maximum absolute atomic E-state index is 12.9. The van der Waals surface area contributed by atoms with E-state index in [9.17, 15) is 54.2 Å². The number of likely N-dealkylation sites (tertiary alicyclic amines) is 3. The van der Waals surface area contributed by atoms with Crippen LogP contribution in [0.2, 0.25) is 0 Å². The summed E-state index contributed by atoms with van der Waals surface area (Å²) in [5, 5.41) is 29.8. The minimum absolute atomic E-state index is 0.0648. The van der Waals surface area contributed by atoms with Crippen LogP contribution in [0, 0.1) is 6.92 Å². The zero-order valence-corrected chi connectivity index (χ0v) is 51.4. The van der Waals surface area contributed by atoms with E-state index in [1.165, 1.54) is 63.0 Å². The van der Waals surface area contributed by atoms with E-state index in [0.29, 0.717) is 74.8 Å². The number of nitrogens with zero attached hydrogens (tertiary/aromatic N) is 3. The van der Waals surface area contributed by atoms with E-state index in [4.69, 9.17) is 10.8 Å². The molecule has 6 N–H and O–H groups in total. The van der Waals surface area contributed by atoms with Crippen LogP contribution >= 0.6 is 0 Å². The number of alkyl halides is 9. The van der Waals surface area contributed by atoms with Crippen LogP contribution in [0.5, 0.6) is 0 Å². The Kier molecular flexibility index (Phi) is 26.4. The topological polar surface area (TPSA) is 134 Å². The van der Waals surface area contributed by atoms with Gasteiger partial charge in [0, 0.05) is 89.0 Å². The SMILES string of the molecule is C[C@@H](N)c1cccc2ccccc12.C[C@@H](NC1CCN(Cc2cccc(C(F)(F)F)c2)C1)c1cccc2ccccc12.Cc1cccc(C=O)c1.O=C1CCN(Cc2cccc(C(F)(F)F)c2)C1.OC1CCN(Cc2cccc(C(F)(F)F)c2)C1.OC1CCNC1. The van der Waals surface area contributed by atoms with Crippen molar-refractivity contribution in [3.63, 3.8) is 0 Å². The number of β-amino-alcohol motifs (C(OH)–C–C–N with tert-alkyl or cyclic N) is 2. The fourth-order valence-electron chi connectivity index (χ4n) is 11.3. The molecule has 4 aliphatic heterocycles. The van der Waals surface area contributed by atoms with Crippen LogP contribution in [0.1, 0.15) is 112 Å². The number of fused-ring (bicyclic) bond motifs is 2. The number of benzene rings is 8. The van der Waals surface area contributed by atoms with Crippen molar-refractivity contribution in [2.45, 2.75) is 115 Å². The lowest BCUT2D eigenvalue weighted by Gasteiger charge is -2.22. The first-order valence-corrected chi connectivity index (χ1v) is 30.5. The van der Waals surface area contributed by atoms with Crippen LogP contribution in [0.3, 0.4) is 0 Å². The summed E-state index contributed by atoms with van der Waals surface area (Å²) in [5.74, 6) is 0.150. The summed E-state index contributed by atoms with van der Waals surface area (Å²) in [7, 11) is 0. The van der Waals surface area contributed by atoms with Gasteiger partial charge in [0.25, 0.3) is 0 Å². The third-order valence-corrected chi connectivity index (χ3v) is 15.9. The molecule has 4 heterocycles. The van der Waals surface area contributed by atoms with E-state index in [1.807, 2.05) is 60.0 Å². The van der Waals surface area contributed by atoms with Gasteiger partial charge in [-0.05, 0) is 120 Å². The van der Waals surface area contributed by atoms with Gasteiger partial charge in [0.2, 0.25) is 0 Å². The average molecular weight is 1270 g/mol. The first-order chi connectivity index (χ1) is 43.3. The molecule has 0 bridgehead atoms. The normalized spacial score (nSPS) is 18.5. The molecule has 0 amide bonds. The van der Waals surface area contributed by atoms with E-state index >= 15 is 0 Å². The quantitative estimate of drug-likeness (QED) is 0.0629. The van der Waals surface area contributed by atoms with Gasteiger partial charge in [-0.2, -0.15) is 39.5 Å². The van der Waals surface area contributed by atoms with Gasteiger partial charge in [-0.1, -0.05) is 163 Å². The number of nitrogens with two attached hydrogens (primary N) is 1. The van der Waals surface area contributed by atoms with Crippen molar-refractivity contribution in [3.8, 4) is 0 Å². The molecule has 5 atom stereocenters. The van der Waals surface area contributed by atoms with Crippen LogP contribution in [-0.4, -0.2) is 108 Å². The van der Waals surface area contributed by atoms with E-state index in [-0.39, 0.29) is 30.1 Å². The van der Waals surface area contributed by atoms with Crippen molar-refractivity contribution >= 4 is 33.6 Å². The first kappa shape index (κ1) is 71.1. The van der Waals surface area contributed by atoms with Gasteiger partial charge in [-0.3, -0.25) is 24.3 Å². The Morgan fingerprint density at radius 3 is 1.46 bits per heavy atom. The standard InChI is InChI=1S/C24H25F3N2.C12H14F3NO.C12H12F3NO.C12H13N.C8H8O.C4H9NO/c1-17(22-11-5-8-19-7-2-3-10-23(19)22)28-21-12-13-29(16-21)15-18-6-4-9-20(14-18)24(25,26)27;2*13-12(14,15)10-3-1-2-9(6-10)7-16-5-4-11(17)8-16;1-9(13)11-8-4-6-10-5-2-3-7-12(10)11;1-7-3-2-4-8(5-7)6-9;6-4-1-2-5-3-4/h2-11,14,17,21,28H,12-13,15-16H2,1H3;1-3,6,11,17H,4-5,7-8H2;1-3,6H,4-5,7-8H2;2-9H,13H2,1H3;2-6H,1H3;4-6H,1-3H2/t17-,21?;;;9-;;/m1..1../s1. The Labute approximate surface area is 526 Å². The van der Waals surface area contributed by atoms with Crippen molar-refractivity contribution in [1.82, 2.24) is 25.3 Å². The number of Topliss-reactive ketones (excluding diaryl/α,β-unsaturated/α-hetero) is 1. The molecule has 8 aromatic rings. The highest BCUT2D eigenvalue weighted by Gasteiger charge is 2.33. The number of carbonyl (C=O) groups is 2. The van der Waals surface area contributed by atoms with E-state index < -0.39 is 35.2 Å². The van der Waals surface area contributed by atoms with E-state index in [0.717, 1.165) is 87.2 Å². The number of rotatable bonds is 11. The third-order valence-electron chi connectivity index (χ3n) is 15.9. The molecule has 0 saturated carbocycles. The van der Waals surface area contributed by atoms with Gasteiger partial charge in [0.1, 0.15) is 12.1 Å². The zero-order valence-electron chi connectivity index (χ0n) is 51.4. The highest BCUT2D eigenvalue weighted by atomic mass is 19.4. The molecule has 486 valence electrons. The second kappa shape index (κ2) is 33.8. The van der Waals surface area contributed by atoms with Gasteiger partial charge < -0.3 is 26.6 Å². The van der Waals surface area contributed by atoms with Crippen molar-refractivity contribution in [1.29, 1.82) is 0 Å². The van der Waals surface area contributed by atoms with E-state index in [1.54, 1.807) is 24.3 Å². The fourth-order valence-corrected chi connectivity index (χ4v) is 11.3. The monoisotopic (exact) mass is 1260 g/mol. The molecule has 4 fully saturated rings. The average Bonchev–Trinajstić information content (AvgIpc) is 2.31. The molecule has 0 spiro atoms. The number of aliphatic hydroxyl groups excluding tert-OH is 2. The number of aliphatic hydroxyl groups is 2. The number of carbonyl (C=O) groups excluding carboxylic acids is 2. The highest BCUT2D eigenvalue weighted by Crippen LogP contribution is 2.33. The van der Waals surface area contributed by atoms with Crippen LogP contribution in [0.4, 0.5) is 39.5 Å². The molecule has 10 nitrogen and oxygen atoms in total. The van der Waals surface area contributed by atoms with Crippen LogP contribution in [-0.2, 0) is 43.0 Å². The van der Waals surface area contributed by atoms with E-state index in [2.05, 4.69) is 89.2 Å². The maximum Gasteiger partial charge on any atom is 0.416 e. The van der Waals surface area contributed by atoms with Crippen LogP contribution < -0.4 is 16.4 Å². The fraction of sp³-hybridized carbons (Fsp3) is 0.361. The number of aryl methyl sites for hydroxylation is 1. The van der Waals surface area contributed by atoms with Crippen molar-refractivity contribution in [2.75, 3.05) is 52.4 Å². The smallest absolute Gasteiger partial charge is 0.392 e. The molecule has 91 heavy (non-hydrogen) atoms. The molecular formula is C72H81F9N6O4. The summed E-state index contributed by atoms with van der Waals surface area (Å²) in [4.78, 5) is 27.2. The molecule has 8 aromatic carbocycles. The summed E-state index contributed by atoms with van der Waals surface area (Å²) >= 11 is 0. The van der Waals surface area contributed by atoms with Crippen LogP contribution in [0.25, 0.3) is 21.5 Å². The Bertz CT molecular complexity index is 3560. The van der Waals surface area contributed by atoms with Crippen molar-refractivity contribution < 1.29 is 59.3 Å². The lowest BCUT2D eigenvalue weighted by Crippen LogP contribution is -2.34. The molecule has 12 rings (SSSR count). The third kappa shape index (κ3) is 23.1. The summed E-state index contributed by atoms with van der Waals surface area (Å²) in [6.07, 6.45) is -9.33. The highest BCUT2D eigenvalue weighted by molar-refractivity contribution is 5.87. The number of hydrogen-bond donors (Lipinski definition) is 5. The molecular weight excluding hydrogens is 1180 g/mol. The molecule has 4 aliphatic rings. The number of ketones is 1. The van der Waals surface area contributed by atoms with Gasteiger partial charge in [0.05, 0.1) is 35.4 Å². The largest absolute Gasteiger partial charge is 0.416 e. The second-order valence-electron chi connectivity index (χ2n) is 23.5. The summed E-state index contributed by atoms with van der Waals surface area (Å²) in [6, 6.07) is 53.7. The molecule has 0 aromatic heterocycles. The number of halogens is 9. The number of nitrogens with one attached hydrogen (secondary N) is 2. The molecule has 3 unspecified atom stereocenters.